The van der Waals surface area contributed by atoms with Gasteiger partial charge in [-0.25, -0.2) is 0 Å². The van der Waals surface area contributed by atoms with Crippen LogP contribution in [-0.4, -0.2) is 6.26 Å². The average molecular weight is 333 g/mol. The van der Waals surface area contributed by atoms with Crippen LogP contribution < -0.4 is 0 Å². The quantitative estimate of drug-likeness (QED) is 0.798. The summed E-state index contributed by atoms with van der Waals surface area (Å²) in [6, 6.07) is 11.7. The second kappa shape index (κ2) is 6.61. The Morgan fingerprint density at radius 3 is 2.26 bits per heavy atom. The monoisotopic (exact) mass is 332 g/mol. The number of allylic oxidation sites excluding steroid dienone is 2. The second-order valence-electron chi connectivity index (χ2n) is 4.00. The molecule has 96 valence electrons. The smallest absolute Gasteiger partial charge is 0.190 e. The molecule has 0 aromatic heterocycles. The SMILES string of the molecule is C=C(c1ccc(Br)cc1)C(C#N)(C#N)/C(C)=C/SC. The van der Waals surface area contributed by atoms with E-state index in [0.717, 1.165) is 10.0 Å². The lowest BCUT2D eigenvalue weighted by molar-refractivity contribution is 0.817. The number of hydrogen-bond donors (Lipinski definition) is 0. The molecule has 2 nitrogen and oxygen atoms in total. The Kier molecular flexibility index (Phi) is 5.42. The molecule has 0 amide bonds. The van der Waals surface area contributed by atoms with Crippen molar-refractivity contribution >= 4 is 33.3 Å². The molecule has 1 aromatic rings. The number of nitriles is 2. The molecule has 1 aromatic carbocycles. The lowest BCUT2D eigenvalue weighted by Crippen LogP contribution is -2.19. The summed E-state index contributed by atoms with van der Waals surface area (Å²) < 4.78 is 0.944. The van der Waals surface area contributed by atoms with Crippen molar-refractivity contribution in [3.05, 3.63) is 51.9 Å². The Balaban J connectivity index is 3.33. The minimum atomic E-state index is -1.31. The molecule has 0 fully saturated rings. The average Bonchev–Trinajstić information content (AvgIpc) is 2.41. The number of halogens is 1. The van der Waals surface area contributed by atoms with Crippen molar-refractivity contribution in [1.29, 1.82) is 10.5 Å². The topological polar surface area (TPSA) is 47.6 Å². The normalized spacial score (nSPS) is 11.5. The third-order valence-corrected chi connectivity index (χ3v) is 3.98. The van der Waals surface area contributed by atoms with E-state index in [4.69, 9.17) is 0 Å². The highest BCUT2D eigenvalue weighted by molar-refractivity contribution is 9.10. The molecule has 0 atom stereocenters. The molecule has 0 spiro atoms. The first-order valence-electron chi connectivity index (χ1n) is 5.49. The minimum absolute atomic E-state index is 0.507. The maximum atomic E-state index is 9.47. The summed E-state index contributed by atoms with van der Waals surface area (Å²) in [5.74, 6) is 0. The molecule has 19 heavy (non-hydrogen) atoms. The molecule has 0 unspecified atom stereocenters. The number of nitrogens with zero attached hydrogens (tertiary/aromatic N) is 2. The van der Waals surface area contributed by atoms with Crippen molar-refractivity contribution in [2.75, 3.05) is 6.26 Å². The lowest BCUT2D eigenvalue weighted by atomic mass is 9.75. The van der Waals surface area contributed by atoms with Crippen LogP contribution in [0.25, 0.3) is 5.57 Å². The first-order chi connectivity index (χ1) is 9.01. The fourth-order valence-corrected chi connectivity index (χ4v) is 2.50. The largest absolute Gasteiger partial charge is 0.196 e. The molecular formula is C15H13BrN2S. The van der Waals surface area contributed by atoms with Crippen molar-refractivity contribution in [2.45, 2.75) is 6.92 Å². The van der Waals surface area contributed by atoms with E-state index < -0.39 is 5.41 Å². The van der Waals surface area contributed by atoms with Gasteiger partial charge < -0.3 is 0 Å². The zero-order valence-electron chi connectivity index (χ0n) is 10.8. The molecule has 0 aliphatic heterocycles. The summed E-state index contributed by atoms with van der Waals surface area (Å²) >= 11 is 4.83. The van der Waals surface area contributed by atoms with E-state index in [-0.39, 0.29) is 0 Å². The summed E-state index contributed by atoms with van der Waals surface area (Å²) in [5.41, 5.74) is 0.683. The van der Waals surface area contributed by atoms with Crippen molar-refractivity contribution in [3.63, 3.8) is 0 Å². The highest BCUT2D eigenvalue weighted by atomic mass is 79.9. The van der Waals surface area contributed by atoms with Crippen LogP contribution in [0.1, 0.15) is 12.5 Å². The molecule has 0 bridgehead atoms. The predicted octanol–water partition coefficient (Wildman–Crippen LogP) is 4.76. The van der Waals surface area contributed by atoms with Gasteiger partial charge in [-0.15, -0.1) is 11.8 Å². The van der Waals surface area contributed by atoms with Crippen LogP contribution in [-0.2, 0) is 0 Å². The number of rotatable bonds is 4. The van der Waals surface area contributed by atoms with Crippen LogP contribution in [0.5, 0.6) is 0 Å². The van der Waals surface area contributed by atoms with Gasteiger partial charge in [0.2, 0.25) is 0 Å². The van der Waals surface area contributed by atoms with Gasteiger partial charge in [-0.1, -0.05) is 34.6 Å². The number of thioether (sulfide) groups is 1. The molecule has 0 radical (unpaired) electrons. The van der Waals surface area contributed by atoms with Gasteiger partial charge in [0, 0.05) is 4.47 Å². The Morgan fingerprint density at radius 1 is 1.32 bits per heavy atom. The van der Waals surface area contributed by atoms with E-state index in [9.17, 15) is 10.5 Å². The summed E-state index contributed by atoms with van der Waals surface area (Å²) in [4.78, 5) is 0. The minimum Gasteiger partial charge on any atom is -0.196 e. The zero-order chi connectivity index (χ0) is 14.5. The van der Waals surface area contributed by atoms with Gasteiger partial charge in [0.25, 0.3) is 0 Å². The molecule has 0 heterocycles. The highest BCUT2D eigenvalue weighted by Gasteiger charge is 2.36. The van der Waals surface area contributed by atoms with Crippen LogP contribution in [0.3, 0.4) is 0 Å². The fraction of sp³-hybridized carbons (Fsp3) is 0.200. The van der Waals surface area contributed by atoms with Gasteiger partial charge in [0.15, 0.2) is 5.41 Å². The van der Waals surface area contributed by atoms with Gasteiger partial charge in [-0.05, 0) is 47.4 Å². The Labute approximate surface area is 126 Å². The molecule has 4 heteroatoms. The number of benzene rings is 1. The van der Waals surface area contributed by atoms with Crippen molar-refractivity contribution in [2.24, 2.45) is 5.41 Å². The van der Waals surface area contributed by atoms with E-state index in [0.29, 0.717) is 11.1 Å². The third-order valence-electron chi connectivity index (χ3n) is 2.87. The molecule has 0 aliphatic carbocycles. The van der Waals surface area contributed by atoms with E-state index in [2.05, 4.69) is 34.6 Å². The number of hydrogen-bond acceptors (Lipinski definition) is 3. The summed E-state index contributed by atoms with van der Waals surface area (Å²) in [6.07, 6.45) is 1.89. The summed E-state index contributed by atoms with van der Waals surface area (Å²) in [6.45, 7) is 5.75. The third kappa shape index (κ3) is 3.10. The lowest BCUT2D eigenvalue weighted by Gasteiger charge is -2.22. The summed E-state index contributed by atoms with van der Waals surface area (Å²) in [5, 5.41) is 20.8. The fourth-order valence-electron chi connectivity index (χ4n) is 1.71. The van der Waals surface area contributed by atoms with E-state index >= 15 is 0 Å². The standard InChI is InChI=1S/C15H13BrN2S/c1-11(8-19-3)15(9-17,10-18)12(2)13-4-6-14(16)7-5-13/h4-8H,2H2,1,3H3/b11-8+. The molecule has 0 N–H and O–H groups in total. The van der Waals surface area contributed by atoms with Crippen LogP contribution in [0.2, 0.25) is 0 Å². The molecule has 1 rings (SSSR count). The van der Waals surface area contributed by atoms with Gasteiger partial charge in [-0.2, -0.15) is 10.5 Å². The van der Waals surface area contributed by atoms with Gasteiger partial charge in [0.05, 0.1) is 12.1 Å². The van der Waals surface area contributed by atoms with Crippen LogP contribution in [0.4, 0.5) is 0 Å². The second-order valence-corrected chi connectivity index (χ2v) is 5.62. The van der Waals surface area contributed by atoms with Crippen molar-refractivity contribution in [1.82, 2.24) is 0 Å². The maximum Gasteiger partial charge on any atom is 0.190 e. The highest BCUT2D eigenvalue weighted by Crippen LogP contribution is 2.40. The molecule has 0 saturated heterocycles. The van der Waals surface area contributed by atoms with E-state index in [1.54, 1.807) is 6.92 Å². The first kappa shape index (κ1) is 15.6. The van der Waals surface area contributed by atoms with E-state index in [1.165, 1.54) is 11.8 Å². The van der Waals surface area contributed by atoms with Gasteiger partial charge in [-0.3, -0.25) is 0 Å². The van der Waals surface area contributed by atoms with Gasteiger partial charge in [0.1, 0.15) is 0 Å². The molecule has 0 aliphatic rings. The Bertz CT molecular complexity index is 574. The maximum absolute atomic E-state index is 9.47. The predicted molar refractivity (Wildman–Crippen MR) is 84.1 cm³/mol. The molecule has 0 saturated carbocycles. The van der Waals surface area contributed by atoms with Crippen LogP contribution in [0, 0.1) is 28.1 Å². The van der Waals surface area contributed by atoms with Gasteiger partial charge >= 0.3 is 0 Å². The first-order valence-corrected chi connectivity index (χ1v) is 7.57. The van der Waals surface area contributed by atoms with E-state index in [1.807, 2.05) is 35.9 Å². The Hall–Kier alpha value is -1.49. The molecular weight excluding hydrogens is 320 g/mol. The van der Waals surface area contributed by atoms with Crippen molar-refractivity contribution < 1.29 is 0 Å². The van der Waals surface area contributed by atoms with Crippen LogP contribution in [0.15, 0.2) is 46.3 Å². The Morgan fingerprint density at radius 2 is 1.84 bits per heavy atom. The van der Waals surface area contributed by atoms with Crippen molar-refractivity contribution in [3.8, 4) is 12.1 Å². The van der Waals surface area contributed by atoms with Crippen LogP contribution >= 0.6 is 27.7 Å². The zero-order valence-corrected chi connectivity index (χ0v) is 13.2. The summed E-state index contributed by atoms with van der Waals surface area (Å²) in [7, 11) is 0.